The Balaban J connectivity index is 1.64. The minimum atomic E-state index is -0.372. The lowest BCUT2D eigenvalue weighted by Gasteiger charge is -2.37. The lowest BCUT2D eigenvalue weighted by atomic mass is 9.68. The number of H-pyrrole nitrogens is 1. The number of nitrogens with one attached hydrogen (secondary N) is 2. The van der Waals surface area contributed by atoms with Crippen LogP contribution in [-0.2, 0) is 18.3 Å². The molecule has 1 aliphatic rings. The average molecular weight is 378 g/mol. The van der Waals surface area contributed by atoms with E-state index in [9.17, 15) is 9.59 Å². The highest BCUT2D eigenvalue weighted by Gasteiger charge is 2.39. The quantitative estimate of drug-likeness (QED) is 0.715. The first-order chi connectivity index (χ1) is 13.6. The number of methoxy groups -OCH3 is 1. The van der Waals surface area contributed by atoms with Gasteiger partial charge in [-0.1, -0.05) is 42.5 Å². The SMILES string of the molecule is COc1ccccc1C(=O)NCC1(c2ccccc2)CCc2[nH]oc(=O)c2C1. The summed E-state index contributed by atoms with van der Waals surface area (Å²) in [4.78, 5) is 24.9. The molecule has 6 heteroatoms. The van der Waals surface area contributed by atoms with Gasteiger partial charge in [0.1, 0.15) is 5.75 Å². The normalized spacial score (nSPS) is 18.3. The van der Waals surface area contributed by atoms with Crippen LogP contribution in [0.5, 0.6) is 5.75 Å². The van der Waals surface area contributed by atoms with E-state index in [1.807, 2.05) is 30.3 Å². The second-order valence-corrected chi connectivity index (χ2v) is 7.15. The van der Waals surface area contributed by atoms with Crippen LogP contribution in [-0.4, -0.2) is 24.7 Å². The number of para-hydroxylation sites is 1. The fourth-order valence-electron chi connectivity index (χ4n) is 3.99. The Morgan fingerprint density at radius 2 is 1.93 bits per heavy atom. The van der Waals surface area contributed by atoms with Gasteiger partial charge < -0.3 is 14.6 Å². The highest BCUT2D eigenvalue weighted by Crippen LogP contribution is 2.37. The molecule has 28 heavy (non-hydrogen) atoms. The van der Waals surface area contributed by atoms with Gasteiger partial charge in [-0.2, -0.15) is 0 Å². The minimum Gasteiger partial charge on any atom is -0.496 e. The van der Waals surface area contributed by atoms with Crippen molar-refractivity contribution in [2.24, 2.45) is 0 Å². The molecule has 1 aromatic heterocycles. The topological polar surface area (TPSA) is 84.3 Å². The van der Waals surface area contributed by atoms with E-state index in [4.69, 9.17) is 9.26 Å². The van der Waals surface area contributed by atoms with Crippen LogP contribution in [0.1, 0.15) is 33.6 Å². The number of carbonyl (C=O) groups is 1. The summed E-state index contributed by atoms with van der Waals surface area (Å²) in [6.45, 7) is 0.415. The van der Waals surface area contributed by atoms with Crippen molar-refractivity contribution in [3.8, 4) is 5.75 Å². The van der Waals surface area contributed by atoms with Gasteiger partial charge in [-0.3, -0.25) is 4.79 Å². The molecule has 0 saturated carbocycles. The van der Waals surface area contributed by atoms with Gasteiger partial charge in [0.2, 0.25) is 0 Å². The Morgan fingerprint density at radius 3 is 2.71 bits per heavy atom. The Morgan fingerprint density at radius 1 is 1.18 bits per heavy atom. The maximum Gasteiger partial charge on any atom is 0.360 e. The second-order valence-electron chi connectivity index (χ2n) is 7.15. The van der Waals surface area contributed by atoms with E-state index in [1.54, 1.807) is 19.2 Å². The Bertz CT molecular complexity index is 1040. The third kappa shape index (κ3) is 3.22. The fraction of sp³-hybridized carbons (Fsp3) is 0.273. The zero-order chi connectivity index (χ0) is 19.6. The van der Waals surface area contributed by atoms with E-state index in [2.05, 4.69) is 22.6 Å². The minimum absolute atomic E-state index is 0.195. The number of hydrogen-bond acceptors (Lipinski definition) is 4. The molecular weight excluding hydrogens is 356 g/mol. The molecule has 144 valence electrons. The summed E-state index contributed by atoms with van der Waals surface area (Å²) in [7, 11) is 1.55. The molecule has 0 bridgehead atoms. The van der Waals surface area contributed by atoms with E-state index < -0.39 is 0 Å². The molecule has 2 N–H and O–H groups in total. The largest absolute Gasteiger partial charge is 0.496 e. The van der Waals surface area contributed by atoms with Gasteiger partial charge in [-0.15, -0.1) is 0 Å². The van der Waals surface area contributed by atoms with Crippen LogP contribution < -0.4 is 15.7 Å². The van der Waals surface area contributed by atoms with Crippen LogP contribution in [0.25, 0.3) is 0 Å². The number of aryl methyl sites for hydroxylation is 1. The van der Waals surface area contributed by atoms with Gasteiger partial charge in [0.05, 0.1) is 23.9 Å². The number of hydrogen-bond donors (Lipinski definition) is 2. The number of carbonyl (C=O) groups excluding carboxylic acids is 1. The van der Waals surface area contributed by atoms with E-state index in [-0.39, 0.29) is 16.9 Å². The zero-order valence-corrected chi connectivity index (χ0v) is 15.7. The summed E-state index contributed by atoms with van der Waals surface area (Å²) in [5, 5.41) is 5.79. The molecule has 2 aromatic carbocycles. The monoisotopic (exact) mass is 378 g/mol. The summed E-state index contributed by atoms with van der Waals surface area (Å²) in [5.74, 6) is 0.339. The van der Waals surface area contributed by atoms with Crippen LogP contribution in [0.2, 0.25) is 0 Å². The predicted molar refractivity (Wildman–Crippen MR) is 105 cm³/mol. The van der Waals surface area contributed by atoms with Crippen LogP contribution in [0.3, 0.4) is 0 Å². The molecule has 3 aromatic rings. The first kappa shape index (κ1) is 18.1. The molecule has 0 spiro atoms. The van der Waals surface area contributed by atoms with Gasteiger partial charge in [-0.05, 0) is 37.0 Å². The van der Waals surface area contributed by atoms with Crippen molar-refractivity contribution in [2.75, 3.05) is 13.7 Å². The van der Waals surface area contributed by atoms with Crippen molar-refractivity contribution >= 4 is 5.91 Å². The highest BCUT2D eigenvalue weighted by atomic mass is 16.5. The molecule has 0 radical (unpaired) electrons. The van der Waals surface area contributed by atoms with Crippen LogP contribution in [0, 0.1) is 0 Å². The Kier molecular flexibility index (Phi) is 4.77. The van der Waals surface area contributed by atoms with E-state index in [0.29, 0.717) is 36.3 Å². The molecule has 1 aliphatic carbocycles. The predicted octanol–water partition coefficient (Wildman–Crippen LogP) is 2.83. The molecule has 0 aliphatic heterocycles. The van der Waals surface area contributed by atoms with Crippen LogP contribution >= 0.6 is 0 Å². The van der Waals surface area contributed by atoms with Gasteiger partial charge in [0, 0.05) is 12.0 Å². The molecule has 1 unspecified atom stereocenters. The molecule has 1 heterocycles. The summed E-state index contributed by atoms with van der Waals surface area (Å²) in [5.41, 5.74) is 2.41. The number of aromatic amines is 1. The highest BCUT2D eigenvalue weighted by molar-refractivity contribution is 5.97. The molecule has 6 nitrogen and oxygen atoms in total. The Hall–Kier alpha value is -3.28. The van der Waals surface area contributed by atoms with Crippen molar-refractivity contribution in [1.82, 2.24) is 10.5 Å². The number of ether oxygens (including phenoxy) is 1. The lowest BCUT2D eigenvalue weighted by Crippen LogP contribution is -2.45. The van der Waals surface area contributed by atoms with Crippen molar-refractivity contribution in [3.63, 3.8) is 0 Å². The number of benzene rings is 2. The number of aromatic nitrogens is 1. The van der Waals surface area contributed by atoms with Gasteiger partial charge in [-0.25, -0.2) is 9.95 Å². The standard InChI is InChI=1S/C22H22N2O4/c1-27-19-10-6-5-9-16(19)20(25)23-14-22(15-7-3-2-4-8-15)12-11-18-17(13-22)21(26)28-24-18/h2-10,24H,11-14H2,1H3,(H,23,25). The average Bonchev–Trinajstić information content (AvgIpc) is 3.12. The summed E-state index contributed by atoms with van der Waals surface area (Å²) < 4.78 is 10.3. The molecule has 1 amide bonds. The second kappa shape index (κ2) is 7.38. The van der Waals surface area contributed by atoms with Gasteiger partial charge >= 0.3 is 5.63 Å². The third-order valence-corrected chi connectivity index (χ3v) is 5.57. The molecule has 0 fully saturated rings. The molecule has 1 atom stereocenters. The Labute approximate surface area is 162 Å². The van der Waals surface area contributed by atoms with Crippen LogP contribution in [0.4, 0.5) is 0 Å². The molecule has 0 saturated heterocycles. The van der Waals surface area contributed by atoms with Crippen molar-refractivity contribution < 1.29 is 14.1 Å². The maximum atomic E-state index is 12.8. The zero-order valence-electron chi connectivity index (χ0n) is 15.7. The number of rotatable bonds is 5. The summed E-state index contributed by atoms with van der Waals surface area (Å²) >= 11 is 0. The summed E-state index contributed by atoms with van der Waals surface area (Å²) in [6, 6.07) is 17.2. The van der Waals surface area contributed by atoms with E-state index >= 15 is 0 Å². The van der Waals surface area contributed by atoms with Gasteiger partial charge in [0.15, 0.2) is 0 Å². The first-order valence-electron chi connectivity index (χ1n) is 9.29. The summed E-state index contributed by atoms with van der Waals surface area (Å²) in [6.07, 6.45) is 2.01. The van der Waals surface area contributed by atoms with Crippen molar-refractivity contribution in [3.05, 3.63) is 87.4 Å². The lowest BCUT2D eigenvalue weighted by molar-refractivity contribution is 0.0937. The first-order valence-corrected chi connectivity index (χ1v) is 9.29. The molecule has 4 rings (SSSR count). The van der Waals surface area contributed by atoms with Gasteiger partial charge in [0.25, 0.3) is 5.91 Å². The fourth-order valence-corrected chi connectivity index (χ4v) is 3.99. The number of fused-ring (bicyclic) bond motifs is 1. The van der Waals surface area contributed by atoms with Crippen molar-refractivity contribution in [1.29, 1.82) is 0 Å². The smallest absolute Gasteiger partial charge is 0.360 e. The van der Waals surface area contributed by atoms with E-state index in [1.165, 1.54) is 0 Å². The van der Waals surface area contributed by atoms with E-state index in [0.717, 1.165) is 17.7 Å². The third-order valence-electron chi connectivity index (χ3n) is 5.57. The molecular formula is C22H22N2O4. The maximum absolute atomic E-state index is 12.8. The van der Waals surface area contributed by atoms with Crippen LogP contribution in [0.15, 0.2) is 63.9 Å². The van der Waals surface area contributed by atoms with Crippen molar-refractivity contribution in [2.45, 2.75) is 24.7 Å². The number of amides is 1.